The van der Waals surface area contributed by atoms with Crippen LogP contribution in [-0.2, 0) is 32.3 Å². The van der Waals surface area contributed by atoms with E-state index in [9.17, 15) is 31.2 Å². The molecule has 3 rings (SSSR count). The highest BCUT2D eigenvalue weighted by Crippen LogP contribution is 2.33. The van der Waals surface area contributed by atoms with Gasteiger partial charge in [-0.05, 0) is 55.7 Å². The van der Waals surface area contributed by atoms with E-state index in [-0.39, 0.29) is 29.5 Å². The molecule has 0 spiro atoms. The predicted octanol–water partition coefficient (Wildman–Crippen LogP) is 5.93. The molecule has 226 valence electrons. The number of aryl methyl sites for hydroxylation is 1. The zero-order valence-electron chi connectivity index (χ0n) is 23.9. The number of carbonyl (C=O) groups is 2. The fraction of sp³-hybridized carbons (Fsp3) is 0.355. The number of carbonyl (C=O) groups excluding carboxylic acids is 2. The minimum Gasteiger partial charge on any atom is -0.354 e. The summed E-state index contributed by atoms with van der Waals surface area (Å²) in [5.74, 6) is -1.12. The van der Waals surface area contributed by atoms with Crippen LogP contribution in [0.5, 0.6) is 0 Å². The molecule has 0 aliphatic heterocycles. The highest BCUT2D eigenvalue weighted by atomic mass is 32.2. The van der Waals surface area contributed by atoms with E-state index in [1.54, 1.807) is 13.0 Å². The Morgan fingerprint density at radius 2 is 1.60 bits per heavy atom. The van der Waals surface area contributed by atoms with Gasteiger partial charge in [0, 0.05) is 13.1 Å². The predicted molar refractivity (Wildman–Crippen MR) is 156 cm³/mol. The average Bonchev–Trinajstić information content (AvgIpc) is 2.96. The molecule has 0 fully saturated rings. The molecule has 0 heterocycles. The van der Waals surface area contributed by atoms with Crippen LogP contribution in [0.25, 0.3) is 0 Å². The molecule has 1 N–H and O–H groups in total. The van der Waals surface area contributed by atoms with Crippen LogP contribution in [0.3, 0.4) is 0 Å². The van der Waals surface area contributed by atoms with Crippen LogP contribution >= 0.6 is 0 Å². The van der Waals surface area contributed by atoms with Gasteiger partial charge in [-0.15, -0.1) is 0 Å². The number of anilines is 1. The number of hydrogen-bond acceptors (Lipinski definition) is 4. The van der Waals surface area contributed by atoms with Crippen molar-refractivity contribution < 1.29 is 31.2 Å². The van der Waals surface area contributed by atoms with Gasteiger partial charge in [0.15, 0.2) is 0 Å². The Morgan fingerprint density at radius 3 is 2.19 bits per heavy atom. The average molecular weight is 604 g/mol. The molecule has 42 heavy (non-hydrogen) atoms. The number of sulfonamides is 1. The molecule has 0 saturated heterocycles. The second-order valence-electron chi connectivity index (χ2n) is 9.95. The summed E-state index contributed by atoms with van der Waals surface area (Å²) in [5.41, 5.74) is 0.327. The van der Waals surface area contributed by atoms with E-state index in [1.165, 1.54) is 35.2 Å². The van der Waals surface area contributed by atoms with Gasteiger partial charge in [0.05, 0.1) is 16.1 Å². The van der Waals surface area contributed by atoms with Gasteiger partial charge in [0.1, 0.15) is 12.6 Å². The van der Waals surface area contributed by atoms with Crippen molar-refractivity contribution in [3.8, 4) is 0 Å². The molecule has 0 aliphatic rings. The van der Waals surface area contributed by atoms with Crippen molar-refractivity contribution in [2.75, 3.05) is 17.4 Å². The Kier molecular flexibility index (Phi) is 11.2. The molecule has 0 radical (unpaired) electrons. The number of amides is 2. The second kappa shape index (κ2) is 14.4. The zero-order chi connectivity index (χ0) is 30.9. The normalized spacial score (nSPS) is 12.4. The highest BCUT2D eigenvalue weighted by Gasteiger charge is 2.35. The van der Waals surface area contributed by atoms with Gasteiger partial charge in [-0.3, -0.25) is 13.9 Å². The first-order chi connectivity index (χ1) is 19.9. The monoisotopic (exact) mass is 603 g/mol. The number of alkyl halides is 3. The molecule has 1 atom stereocenters. The Morgan fingerprint density at radius 1 is 0.929 bits per heavy atom. The maximum absolute atomic E-state index is 14.0. The van der Waals surface area contributed by atoms with Crippen LogP contribution in [-0.4, -0.2) is 44.3 Å². The Hall–Kier alpha value is -3.86. The molecule has 0 aromatic heterocycles. The number of rotatable bonds is 13. The second-order valence-corrected chi connectivity index (χ2v) is 11.8. The largest absolute Gasteiger partial charge is 0.416 e. The Balaban J connectivity index is 2.08. The molecule has 3 aromatic carbocycles. The lowest BCUT2D eigenvalue weighted by molar-refractivity contribution is -0.140. The lowest BCUT2D eigenvalue weighted by Crippen LogP contribution is -2.52. The van der Waals surface area contributed by atoms with Gasteiger partial charge in [-0.2, -0.15) is 13.2 Å². The summed E-state index contributed by atoms with van der Waals surface area (Å²) in [6.07, 6.45) is -2.90. The smallest absolute Gasteiger partial charge is 0.354 e. The fourth-order valence-corrected chi connectivity index (χ4v) is 5.83. The number of nitrogens with zero attached hydrogens (tertiary/aromatic N) is 2. The molecule has 0 bridgehead atoms. The van der Waals surface area contributed by atoms with Crippen LogP contribution in [0.1, 0.15) is 49.8 Å². The van der Waals surface area contributed by atoms with Gasteiger partial charge in [-0.25, -0.2) is 8.42 Å². The molecule has 0 saturated carbocycles. The van der Waals surface area contributed by atoms with E-state index >= 15 is 0 Å². The third-order valence-electron chi connectivity index (χ3n) is 6.76. The van der Waals surface area contributed by atoms with Gasteiger partial charge in [0.2, 0.25) is 11.8 Å². The highest BCUT2D eigenvalue weighted by molar-refractivity contribution is 7.92. The molecule has 7 nitrogen and oxygen atoms in total. The first kappa shape index (κ1) is 32.7. The quantitative estimate of drug-likeness (QED) is 0.245. The summed E-state index contributed by atoms with van der Waals surface area (Å²) >= 11 is 0. The van der Waals surface area contributed by atoms with E-state index in [1.807, 2.05) is 38.1 Å². The lowest BCUT2D eigenvalue weighted by atomic mass is 10.1. The Labute approximate surface area is 245 Å². The third-order valence-corrected chi connectivity index (χ3v) is 8.55. The summed E-state index contributed by atoms with van der Waals surface area (Å²) < 4.78 is 69.0. The van der Waals surface area contributed by atoms with Crippen LogP contribution in [0, 0.1) is 6.92 Å². The minimum absolute atomic E-state index is 0.000628. The maximum Gasteiger partial charge on any atom is 0.416 e. The lowest BCUT2D eigenvalue weighted by Gasteiger charge is -2.33. The van der Waals surface area contributed by atoms with Gasteiger partial charge < -0.3 is 10.2 Å². The van der Waals surface area contributed by atoms with Crippen molar-refractivity contribution in [2.24, 2.45) is 0 Å². The van der Waals surface area contributed by atoms with Crippen molar-refractivity contribution in [2.45, 2.75) is 63.7 Å². The summed E-state index contributed by atoms with van der Waals surface area (Å²) in [7, 11) is -4.48. The van der Waals surface area contributed by atoms with Gasteiger partial charge >= 0.3 is 6.18 Å². The Bertz CT molecular complexity index is 1450. The number of halogens is 3. The standard InChI is InChI=1S/C31H36F3N3O4S/c1-4-6-19-35-30(39)28(5-2)36(21-24-17-15-23(3)16-18-24)29(38)22-37(42(40,41)27-13-8-7-9-14-27)26-12-10-11-25(20-26)31(32,33)34/h7-18,20,28H,4-6,19,21-22H2,1-3H3,(H,35,39)/t28-/m0/s1. The summed E-state index contributed by atoms with van der Waals surface area (Å²) in [4.78, 5) is 28.3. The van der Waals surface area contributed by atoms with Crippen molar-refractivity contribution in [1.29, 1.82) is 0 Å². The van der Waals surface area contributed by atoms with Crippen LogP contribution < -0.4 is 9.62 Å². The van der Waals surface area contributed by atoms with Crippen molar-refractivity contribution in [3.63, 3.8) is 0 Å². The number of benzene rings is 3. The number of hydrogen-bond donors (Lipinski definition) is 1. The summed E-state index contributed by atoms with van der Waals surface area (Å²) in [6.45, 7) is 5.22. The van der Waals surface area contributed by atoms with Gasteiger partial charge in [0.25, 0.3) is 10.0 Å². The van der Waals surface area contributed by atoms with E-state index in [0.717, 1.165) is 30.5 Å². The molecular formula is C31H36F3N3O4S. The fourth-order valence-electron chi connectivity index (χ4n) is 4.40. The van der Waals surface area contributed by atoms with Crippen LogP contribution in [0.15, 0.2) is 83.8 Å². The maximum atomic E-state index is 14.0. The van der Waals surface area contributed by atoms with Crippen molar-refractivity contribution in [3.05, 3.63) is 95.6 Å². The number of nitrogens with one attached hydrogen (secondary N) is 1. The summed E-state index contributed by atoms with van der Waals surface area (Å²) in [6, 6.07) is 17.4. The molecular weight excluding hydrogens is 567 g/mol. The molecule has 11 heteroatoms. The third kappa shape index (κ3) is 8.34. The van der Waals surface area contributed by atoms with E-state index in [2.05, 4.69) is 5.32 Å². The number of unbranched alkanes of at least 4 members (excludes halogenated alkanes) is 1. The summed E-state index contributed by atoms with van der Waals surface area (Å²) in [5, 5.41) is 2.84. The van der Waals surface area contributed by atoms with Crippen molar-refractivity contribution in [1.82, 2.24) is 10.2 Å². The van der Waals surface area contributed by atoms with Crippen LogP contribution in [0.4, 0.5) is 18.9 Å². The molecule has 0 unspecified atom stereocenters. The van der Waals surface area contributed by atoms with Gasteiger partial charge in [-0.1, -0.05) is 74.4 Å². The SMILES string of the molecule is CCCCNC(=O)[C@H](CC)N(Cc1ccc(C)cc1)C(=O)CN(c1cccc(C(F)(F)F)c1)S(=O)(=O)c1ccccc1. The molecule has 0 aliphatic carbocycles. The first-order valence-corrected chi connectivity index (χ1v) is 15.2. The zero-order valence-corrected chi connectivity index (χ0v) is 24.7. The topological polar surface area (TPSA) is 86.8 Å². The van der Waals surface area contributed by atoms with Crippen LogP contribution in [0.2, 0.25) is 0 Å². The van der Waals surface area contributed by atoms with E-state index < -0.39 is 40.3 Å². The molecule has 2 amide bonds. The van der Waals surface area contributed by atoms with Crippen molar-refractivity contribution >= 4 is 27.5 Å². The minimum atomic E-state index is -4.73. The van der Waals surface area contributed by atoms with E-state index in [4.69, 9.17) is 0 Å². The first-order valence-electron chi connectivity index (χ1n) is 13.8. The van der Waals surface area contributed by atoms with E-state index in [0.29, 0.717) is 22.5 Å². The molecule has 3 aromatic rings.